The smallest absolute Gasteiger partial charge is 0.260 e. The summed E-state index contributed by atoms with van der Waals surface area (Å²) < 4.78 is 13.1. The number of rotatable bonds is 2. The summed E-state index contributed by atoms with van der Waals surface area (Å²) in [5.74, 6) is -1.11. The Balaban J connectivity index is 2.28. The molecule has 2 aromatic rings. The first-order chi connectivity index (χ1) is 8.95. The van der Waals surface area contributed by atoms with Crippen LogP contribution in [0.25, 0.3) is 0 Å². The van der Waals surface area contributed by atoms with Gasteiger partial charge in [0, 0.05) is 11.4 Å². The number of hydrogen-bond acceptors (Lipinski definition) is 4. The number of aromatic nitrogens is 2. The van der Waals surface area contributed by atoms with Crippen molar-refractivity contribution in [3.63, 3.8) is 0 Å². The lowest BCUT2D eigenvalue weighted by atomic mass is 10.1. The van der Waals surface area contributed by atoms with Crippen molar-refractivity contribution in [3.8, 4) is 0 Å². The zero-order chi connectivity index (χ0) is 14.0. The fraction of sp³-hybridized carbons (Fsp3) is 0.0833. The number of aryl methyl sites for hydroxylation is 1. The maximum Gasteiger partial charge on any atom is 0.260 e. The third kappa shape index (κ3) is 3.17. The van der Waals surface area contributed by atoms with E-state index in [1.54, 1.807) is 13.0 Å². The largest absolute Gasteiger partial charge is 0.398 e. The second-order valence-corrected chi connectivity index (χ2v) is 4.23. The Morgan fingerprint density at radius 1 is 1.37 bits per heavy atom. The predicted molar refractivity (Wildman–Crippen MR) is 70.5 cm³/mol. The van der Waals surface area contributed by atoms with Crippen LogP contribution in [0.5, 0.6) is 0 Å². The molecule has 1 amide bonds. The van der Waals surface area contributed by atoms with Gasteiger partial charge in [0.25, 0.3) is 5.91 Å². The van der Waals surface area contributed by atoms with E-state index in [1.165, 1.54) is 12.1 Å². The summed E-state index contributed by atoms with van der Waals surface area (Å²) in [5.41, 5.74) is 6.39. The van der Waals surface area contributed by atoms with Crippen molar-refractivity contribution in [1.29, 1.82) is 0 Å². The number of nitrogens with zero attached hydrogens (tertiary/aromatic N) is 2. The van der Waals surface area contributed by atoms with Crippen molar-refractivity contribution < 1.29 is 9.18 Å². The van der Waals surface area contributed by atoms with E-state index in [2.05, 4.69) is 15.3 Å². The molecule has 0 spiro atoms. The number of carbonyl (C=O) groups is 1. The topological polar surface area (TPSA) is 80.9 Å². The average Bonchev–Trinajstić information content (AvgIpc) is 2.30. The summed E-state index contributed by atoms with van der Waals surface area (Å²) in [6, 6.07) is 5.08. The van der Waals surface area contributed by atoms with E-state index in [9.17, 15) is 9.18 Å². The number of nitrogens with two attached hydrogens (primary N) is 1. The fourth-order valence-corrected chi connectivity index (χ4v) is 1.72. The first-order valence-electron chi connectivity index (χ1n) is 5.33. The van der Waals surface area contributed by atoms with Gasteiger partial charge in [-0.05, 0) is 31.2 Å². The molecule has 0 saturated heterocycles. The molecular formula is C12H10ClFN4O. The molecule has 98 valence electrons. The van der Waals surface area contributed by atoms with Gasteiger partial charge in [0.1, 0.15) is 11.0 Å². The molecule has 1 aromatic heterocycles. The van der Waals surface area contributed by atoms with Crippen molar-refractivity contribution in [2.24, 2.45) is 0 Å². The Morgan fingerprint density at radius 2 is 2.11 bits per heavy atom. The maximum atomic E-state index is 13.1. The van der Waals surface area contributed by atoms with Crippen LogP contribution in [0.1, 0.15) is 16.1 Å². The molecule has 0 atom stereocenters. The first kappa shape index (κ1) is 13.2. The van der Waals surface area contributed by atoms with Crippen LogP contribution in [-0.2, 0) is 0 Å². The van der Waals surface area contributed by atoms with Gasteiger partial charge in [0.2, 0.25) is 5.95 Å². The van der Waals surface area contributed by atoms with E-state index in [0.717, 1.165) is 6.07 Å². The van der Waals surface area contributed by atoms with Crippen molar-refractivity contribution in [2.45, 2.75) is 6.92 Å². The zero-order valence-corrected chi connectivity index (χ0v) is 10.7. The van der Waals surface area contributed by atoms with Crippen LogP contribution in [0.3, 0.4) is 0 Å². The minimum Gasteiger partial charge on any atom is -0.398 e. The Labute approximate surface area is 113 Å². The Hall–Kier alpha value is -2.21. The fourth-order valence-electron chi connectivity index (χ4n) is 1.48. The Morgan fingerprint density at radius 3 is 2.79 bits per heavy atom. The van der Waals surface area contributed by atoms with Crippen LogP contribution in [-0.4, -0.2) is 15.9 Å². The molecule has 1 heterocycles. The molecule has 0 radical (unpaired) electrons. The zero-order valence-electron chi connectivity index (χ0n) is 9.95. The average molecular weight is 281 g/mol. The van der Waals surface area contributed by atoms with Gasteiger partial charge in [-0.1, -0.05) is 11.6 Å². The monoisotopic (exact) mass is 280 g/mol. The lowest BCUT2D eigenvalue weighted by Crippen LogP contribution is -2.16. The number of benzene rings is 1. The number of amides is 1. The summed E-state index contributed by atoms with van der Waals surface area (Å²) in [5, 5.41) is 2.62. The summed E-state index contributed by atoms with van der Waals surface area (Å²) in [6.07, 6.45) is 0. The molecule has 3 N–H and O–H groups in total. The van der Waals surface area contributed by atoms with Gasteiger partial charge in [0.05, 0.1) is 5.56 Å². The van der Waals surface area contributed by atoms with Crippen LogP contribution < -0.4 is 11.1 Å². The summed E-state index contributed by atoms with van der Waals surface area (Å²) in [4.78, 5) is 19.8. The van der Waals surface area contributed by atoms with Gasteiger partial charge in [-0.25, -0.2) is 14.4 Å². The number of nitrogen functional groups attached to an aromatic ring is 1. The summed E-state index contributed by atoms with van der Waals surface area (Å²) >= 11 is 5.75. The Kier molecular flexibility index (Phi) is 3.62. The molecule has 1 aromatic carbocycles. The highest BCUT2D eigenvalue weighted by Crippen LogP contribution is 2.16. The van der Waals surface area contributed by atoms with Crippen LogP contribution in [0.15, 0.2) is 24.3 Å². The molecule has 5 nitrogen and oxygen atoms in total. The summed E-state index contributed by atoms with van der Waals surface area (Å²) in [6.45, 7) is 1.71. The van der Waals surface area contributed by atoms with Crippen LogP contribution in [0, 0.1) is 12.7 Å². The molecule has 7 heteroatoms. The maximum absolute atomic E-state index is 13.1. The van der Waals surface area contributed by atoms with Gasteiger partial charge in [-0.2, -0.15) is 0 Å². The number of anilines is 2. The standard InChI is InChI=1S/C12H10ClFN4O/c1-6-4-10(13)17-12(16-6)18-11(19)8-5-7(14)2-3-9(8)15/h2-5H,15H2,1H3,(H,16,17,18,19). The highest BCUT2D eigenvalue weighted by molar-refractivity contribution is 6.29. The van der Waals surface area contributed by atoms with Crippen molar-refractivity contribution in [3.05, 3.63) is 46.5 Å². The van der Waals surface area contributed by atoms with Gasteiger partial charge in [-0.3, -0.25) is 10.1 Å². The van der Waals surface area contributed by atoms with Crippen molar-refractivity contribution in [2.75, 3.05) is 11.1 Å². The quantitative estimate of drug-likeness (QED) is 0.654. The van der Waals surface area contributed by atoms with Crippen LogP contribution >= 0.6 is 11.6 Å². The predicted octanol–water partition coefficient (Wildman–Crippen LogP) is 2.41. The molecule has 0 aliphatic heterocycles. The minimum atomic E-state index is -0.598. The molecule has 0 saturated carbocycles. The third-order valence-corrected chi connectivity index (χ3v) is 2.50. The van der Waals surface area contributed by atoms with E-state index in [4.69, 9.17) is 17.3 Å². The molecule has 0 aliphatic rings. The van der Waals surface area contributed by atoms with Gasteiger partial charge >= 0.3 is 0 Å². The molecule has 2 rings (SSSR count). The lowest BCUT2D eigenvalue weighted by Gasteiger charge is -2.07. The highest BCUT2D eigenvalue weighted by atomic mass is 35.5. The van der Waals surface area contributed by atoms with Gasteiger partial charge in [-0.15, -0.1) is 0 Å². The van der Waals surface area contributed by atoms with E-state index in [-0.39, 0.29) is 22.4 Å². The van der Waals surface area contributed by atoms with Crippen LogP contribution in [0.2, 0.25) is 5.15 Å². The molecule has 0 bridgehead atoms. The molecule has 0 aliphatic carbocycles. The SMILES string of the molecule is Cc1cc(Cl)nc(NC(=O)c2cc(F)ccc2N)n1. The van der Waals surface area contributed by atoms with Crippen molar-refractivity contribution in [1.82, 2.24) is 9.97 Å². The minimum absolute atomic E-state index is 0.0150. The van der Waals surface area contributed by atoms with Crippen LogP contribution in [0.4, 0.5) is 16.0 Å². The highest BCUT2D eigenvalue weighted by Gasteiger charge is 2.13. The molecular weight excluding hydrogens is 271 g/mol. The van der Waals surface area contributed by atoms with E-state index in [1.807, 2.05) is 0 Å². The third-order valence-electron chi connectivity index (χ3n) is 2.31. The van der Waals surface area contributed by atoms with E-state index in [0.29, 0.717) is 5.69 Å². The van der Waals surface area contributed by atoms with E-state index < -0.39 is 11.7 Å². The first-order valence-corrected chi connectivity index (χ1v) is 5.71. The number of carbonyl (C=O) groups excluding carboxylic acids is 1. The van der Waals surface area contributed by atoms with E-state index >= 15 is 0 Å². The van der Waals surface area contributed by atoms with Gasteiger partial charge in [0.15, 0.2) is 0 Å². The summed E-state index contributed by atoms with van der Waals surface area (Å²) in [7, 11) is 0. The second kappa shape index (κ2) is 5.19. The molecule has 19 heavy (non-hydrogen) atoms. The molecule has 0 fully saturated rings. The van der Waals surface area contributed by atoms with Crippen molar-refractivity contribution >= 4 is 29.1 Å². The number of halogens is 2. The number of nitrogens with one attached hydrogen (secondary N) is 1. The Bertz CT molecular complexity index is 627. The second-order valence-electron chi connectivity index (χ2n) is 3.84. The molecule has 0 unspecified atom stereocenters. The lowest BCUT2D eigenvalue weighted by molar-refractivity contribution is 0.102. The number of hydrogen-bond donors (Lipinski definition) is 2. The van der Waals surface area contributed by atoms with Gasteiger partial charge < -0.3 is 5.73 Å². The normalized spacial score (nSPS) is 10.3.